The van der Waals surface area contributed by atoms with Crippen LogP contribution in [0.2, 0.25) is 0 Å². The predicted molar refractivity (Wildman–Crippen MR) is 322 cm³/mol. The van der Waals surface area contributed by atoms with Gasteiger partial charge in [0.2, 0.25) is 0 Å². The van der Waals surface area contributed by atoms with Crippen LogP contribution >= 0.6 is 11.3 Å². The van der Waals surface area contributed by atoms with Crippen molar-refractivity contribution in [3.63, 3.8) is 0 Å². The van der Waals surface area contributed by atoms with Gasteiger partial charge in [0.05, 0.1) is 38.9 Å². The number of thiophene rings is 1. The van der Waals surface area contributed by atoms with Gasteiger partial charge in [-0.1, -0.05) is 237 Å². The highest BCUT2D eigenvalue weighted by Crippen LogP contribution is 2.65. The second-order valence-electron chi connectivity index (χ2n) is 21.0. The minimum Gasteiger partial charge on any atom is -0.309 e. The number of para-hydroxylation sites is 3. The van der Waals surface area contributed by atoms with Gasteiger partial charge < -0.3 is 9.47 Å². The maximum Gasteiger partial charge on any atom is 0.0755 e. The van der Waals surface area contributed by atoms with Crippen molar-refractivity contribution in [3.05, 3.63) is 324 Å². The average molecular weight is 995 g/mol. The largest absolute Gasteiger partial charge is 0.309 e. The summed E-state index contributed by atoms with van der Waals surface area (Å²) in [4.78, 5) is 2.60. The highest BCUT2D eigenvalue weighted by atomic mass is 32.1. The van der Waals surface area contributed by atoms with E-state index in [0.717, 1.165) is 17.1 Å². The average Bonchev–Trinajstić information content (AvgIpc) is 3.87. The molecule has 1 unspecified atom stereocenters. The first kappa shape index (κ1) is 42.8. The Balaban J connectivity index is 0.969. The lowest BCUT2D eigenvalue weighted by Gasteiger charge is -2.39. The molecule has 1 spiro atoms. The molecule has 12 aromatic carbocycles. The summed E-state index contributed by atoms with van der Waals surface area (Å²) < 4.78 is 5.17. The smallest absolute Gasteiger partial charge is 0.0755 e. The van der Waals surface area contributed by atoms with Gasteiger partial charge in [-0.05, 0) is 109 Å². The fourth-order valence-corrected chi connectivity index (χ4v) is 15.8. The SMILES string of the molecule is c1ccc(C2(c3ccccc3)c3ccccc3-c3c(N(c4ccc(-c5cccc6c5sc5ccccc56)cc4)c4cccc5c4-c4ccccc4C54c5ccccc5-n5c6ccccc6c6cccc4c65)cccc32)cc1. The zero-order valence-corrected chi connectivity index (χ0v) is 42.7. The molecule has 0 radical (unpaired) electrons. The number of fused-ring (bicyclic) bond motifs is 18. The van der Waals surface area contributed by atoms with E-state index in [9.17, 15) is 0 Å². The molecule has 3 aliphatic rings. The number of rotatable bonds is 6. The molecule has 1 aliphatic heterocycles. The molecule has 1 atom stereocenters. The van der Waals surface area contributed by atoms with Gasteiger partial charge in [0.1, 0.15) is 0 Å². The Morgan fingerprint density at radius 1 is 0.325 bits per heavy atom. The molecular formula is C74H46N2S. The summed E-state index contributed by atoms with van der Waals surface area (Å²) in [7, 11) is 0. The molecule has 2 aliphatic carbocycles. The zero-order valence-electron chi connectivity index (χ0n) is 41.9. The van der Waals surface area contributed by atoms with Gasteiger partial charge in [0.15, 0.2) is 0 Å². The van der Waals surface area contributed by atoms with Crippen LogP contribution in [0, 0.1) is 0 Å². The highest BCUT2D eigenvalue weighted by Gasteiger charge is 2.52. The van der Waals surface area contributed by atoms with Crippen molar-refractivity contribution >= 4 is 70.4 Å². The fourth-order valence-electron chi connectivity index (χ4n) is 14.6. The van der Waals surface area contributed by atoms with Crippen molar-refractivity contribution in [2.45, 2.75) is 10.8 Å². The van der Waals surface area contributed by atoms with Gasteiger partial charge >= 0.3 is 0 Å². The Kier molecular flexibility index (Phi) is 8.88. The molecule has 0 saturated heterocycles. The summed E-state index contributed by atoms with van der Waals surface area (Å²) in [6.07, 6.45) is 0. The van der Waals surface area contributed by atoms with Gasteiger partial charge in [-0.25, -0.2) is 0 Å². The Morgan fingerprint density at radius 3 is 1.53 bits per heavy atom. The maximum absolute atomic E-state index is 2.60. The van der Waals surface area contributed by atoms with Crippen molar-refractivity contribution in [2.24, 2.45) is 0 Å². The van der Waals surface area contributed by atoms with Gasteiger partial charge in [-0.15, -0.1) is 11.3 Å². The lowest BCUT2D eigenvalue weighted by atomic mass is 9.65. The van der Waals surface area contributed by atoms with Crippen LogP contribution in [-0.4, -0.2) is 4.57 Å². The zero-order chi connectivity index (χ0) is 50.4. The monoisotopic (exact) mass is 994 g/mol. The normalized spacial score (nSPS) is 15.2. The third-order valence-corrected chi connectivity index (χ3v) is 18.7. The lowest BCUT2D eigenvalue weighted by molar-refractivity contribution is 0.748. The topological polar surface area (TPSA) is 8.17 Å². The molecular weight excluding hydrogens is 949 g/mol. The Bertz CT molecular complexity index is 4710. The highest BCUT2D eigenvalue weighted by molar-refractivity contribution is 7.26. The van der Waals surface area contributed by atoms with Crippen LogP contribution in [0.15, 0.2) is 279 Å². The van der Waals surface area contributed by atoms with Crippen molar-refractivity contribution in [1.82, 2.24) is 4.57 Å². The van der Waals surface area contributed by atoms with Crippen LogP contribution in [0.4, 0.5) is 17.1 Å². The number of hydrogen-bond donors (Lipinski definition) is 0. The minimum atomic E-state index is -0.609. The summed E-state index contributed by atoms with van der Waals surface area (Å²) in [6.45, 7) is 0. The van der Waals surface area contributed by atoms with E-state index in [1.165, 1.54) is 126 Å². The Morgan fingerprint density at radius 2 is 0.818 bits per heavy atom. The van der Waals surface area contributed by atoms with E-state index in [1.54, 1.807) is 0 Å². The summed E-state index contributed by atoms with van der Waals surface area (Å²) in [5.74, 6) is 0. The number of aromatic nitrogens is 1. The van der Waals surface area contributed by atoms with Crippen LogP contribution in [0.1, 0.15) is 44.5 Å². The van der Waals surface area contributed by atoms with Crippen LogP contribution in [0.5, 0.6) is 0 Å². The molecule has 0 N–H and O–H groups in total. The molecule has 0 fully saturated rings. The number of benzene rings is 12. The van der Waals surface area contributed by atoms with Crippen LogP contribution in [0.3, 0.4) is 0 Å². The number of nitrogens with zero attached hydrogens (tertiary/aromatic N) is 2. The molecule has 3 heterocycles. The quantitative estimate of drug-likeness (QED) is 0.161. The summed E-state index contributed by atoms with van der Waals surface area (Å²) in [6, 6.07) is 105. The van der Waals surface area contributed by atoms with E-state index in [2.05, 4.69) is 289 Å². The second kappa shape index (κ2) is 16.0. The van der Waals surface area contributed by atoms with E-state index < -0.39 is 10.8 Å². The molecule has 0 amide bonds. The third-order valence-electron chi connectivity index (χ3n) is 17.5. The molecule has 0 saturated carbocycles. The standard InChI is InChI=1S/C74H46N2S/c1-3-21-48(22-4-1)73(49-23-5-2-6-24-49)58-32-11-7-27-56(58)69-61(73)35-19-40-66(69)75(50-45-43-47(44-46-50)51-29-17-31-55-53-26-10-16-42-68(53)77-72(51)55)67-41-20-36-62-70(67)57-28-8-12-33-59(57)74(62)60-34-13-15-39-65(60)76-64-38-14-9-25-52(64)54-30-18-37-63(74)71(54)76/h1-46H. The molecule has 17 rings (SSSR count). The Labute approximate surface area is 450 Å². The first-order chi connectivity index (χ1) is 38.2. The van der Waals surface area contributed by atoms with Gasteiger partial charge in [-0.2, -0.15) is 0 Å². The van der Waals surface area contributed by atoms with Crippen molar-refractivity contribution in [3.8, 4) is 39.1 Å². The van der Waals surface area contributed by atoms with Crippen molar-refractivity contribution in [2.75, 3.05) is 4.90 Å². The number of hydrogen-bond acceptors (Lipinski definition) is 2. The Hall–Kier alpha value is -9.54. The molecule has 358 valence electrons. The van der Waals surface area contributed by atoms with Crippen LogP contribution < -0.4 is 4.90 Å². The van der Waals surface area contributed by atoms with E-state index in [4.69, 9.17) is 0 Å². The summed E-state index contributed by atoms with van der Waals surface area (Å²) >= 11 is 1.89. The third kappa shape index (κ3) is 5.53. The molecule has 14 aromatic rings. The molecule has 77 heavy (non-hydrogen) atoms. The van der Waals surface area contributed by atoms with E-state index in [1.807, 2.05) is 11.3 Å². The first-order valence-electron chi connectivity index (χ1n) is 26.8. The summed E-state index contributed by atoms with van der Waals surface area (Å²) in [5, 5.41) is 5.17. The lowest BCUT2D eigenvalue weighted by Crippen LogP contribution is -2.33. The van der Waals surface area contributed by atoms with Crippen molar-refractivity contribution in [1.29, 1.82) is 0 Å². The molecule has 0 bridgehead atoms. The molecule has 2 aromatic heterocycles. The summed E-state index contributed by atoms with van der Waals surface area (Å²) in [5.41, 5.74) is 23.6. The van der Waals surface area contributed by atoms with Crippen LogP contribution in [0.25, 0.3) is 81.0 Å². The van der Waals surface area contributed by atoms with Gasteiger partial charge in [0.25, 0.3) is 0 Å². The van der Waals surface area contributed by atoms with E-state index in [-0.39, 0.29) is 0 Å². The van der Waals surface area contributed by atoms with Crippen molar-refractivity contribution < 1.29 is 0 Å². The minimum absolute atomic E-state index is 0.568. The van der Waals surface area contributed by atoms with E-state index >= 15 is 0 Å². The maximum atomic E-state index is 2.60. The molecule has 2 nitrogen and oxygen atoms in total. The second-order valence-corrected chi connectivity index (χ2v) is 22.0. The van der Waals surface area contributed by atoms with Crippen LogP contribution in [-0.2, 0) is 10.8 Å². The molecule has 3 heteroatoms. The van der Waals surface area contributed by atoms with Gasteiger partial charge in [0, 0.05) is 47.8 Å². The van der Waals surface area contributed by atoms with E-state index in [0.29, 0.717) is 0 Å². The fraction of sp³-hybridized carbons (Fsp3) is 0.0270. The van der Waals surface area contributed by atoms with Gasteiger partial charge in [-0.3, -0.25) is 0 Å². The first-order valence-corrected chi connectivity index (χ1v) is 27.6. The predicted octanol–water partition coefficient (Wildman–Crippen LogP) is 19.3. The number of anilines is 3.